The van der Waals surface area contributed by atoms with Crippen LogP contribution in [-0.2, 0) is 10.0 Å². The number of Topliss-reactive ketones (excluding diaryl/α,β-unsaturated/α-hetero) is 1. The van der Waals surface area contributed by atoms with Gasteiger partial charge in [0.1, 0.15) is 0 Å². The highest BCUT2D eigenvalue weighted by Crippen LogP contribution is 2.41. The molecule has 0 saturated heterocycles. The van der Waals surface area contributed by atoms with Crippen molar-refractivity contribution in [3.05, 3.63) is 29.8 Å². The minimum absolute atomic E-state index is 0.106. The highest BCUT2D eigenvalue weighted by atomic mass is 32.2. The van der Waals surface area contributed by atoms with Crippen LogP contribution in [0.1, 0.15) is 37.6 Å². The van der Waals surface area contributed by atoms with Gasteiger partial charge in [-0.25, -0.2) is 13.1 Å². The van der Waals surface area contributed by atoms with E-state index in [9.17, 15) is 18.3 Å². The van der Waals surface area contributed by atoms with Gasteiger partial charge in [-0.05, 0) is 25.5 Å². The Labute approximate surface area is 119 Å². The molecule has 0 heterocycles. The number of benzene rings is 1. The number of carbonyl (C=O) groups excluding carboxylic acids is 1. The fourth-order valence-electron chi connectivity index (χ4n) is 2.23. The molecule has 0 bridgehead atoms. The number of carbonyl (C=O) groups is 1. The van der Waals surface area contributed by atoms with E-state index >= 15 is 0 Å². The van der Waals surface area contributed by atoms with Crippen molar-refractivity contribution in [1.82, 2.24) is 4.72 Å². The first kappa shape index (κ1) is 15.2. The van der Waals surface area contributed by atoms with Gasteiger partial charge in [-0.1, -0.05) is 26.0 Å². The fraction of sp³-hybridized carbons (Fsp3) is 0.500. The first-order valence-electron chi connectivity index (χ1n) is 6.46. The van der Waals surface area contributed by atoms with Crippen molar-refractivity contribution in [3.8, 4) is 0 Å². The zero-order valence-electron chi connectivity index (χ0n) is 11.8. The molecule has 0 spiro atoms. The Morgan fingerprint density at radius 3 is 2.25 bits per heavy atom. The van der Waals surface area contributed by atoms with Crippen LogP contribution in [0.25, 0.3) is 0 Å². The Hall–Kier alpha value is -1.24. The Balaban J connectivity index is 2.17. The summed E-state index contributed by atoms with van der Waals surface area (Å²) in [4.78, 5) is 11.3. The number of nitrogens with one attached hydrogen (secondary N) is 1. The summed E-state index contributed by atoms with van der Waals surface area (Å²) in [6.45, 7) is 5.08. The average Bonchev–Trinajstić information content (AvgIpc) is 2.38. The van der Waals surface area contributed by atoms with Gasteiger partial charge in [-0.15, -0.1) is 0 Å². The van der Waals surface area contributed by atoms with Crippen LogP contribution in [0.3, 0.4) is 0 Å². The number of rotatable bonds is 4. The van der Waals surface area contributed by atoms with Crippen molar-refractivity contribution in [3.63, 3.8) is 0 Å². The molecule has 0 radical (unpaired) electrons. The van der Waals surface area contributed by atoms with Gasteiger partial charge in [0.25, 0.3) is 0 Å². The minimum atomic E-state index is -3.63. The van der Waals surface area contributed by atoms with E-state index < -0.39 is 21.5 Å². The summed E-state index contributed by atoms with van der Waals surface area (Å²) in [5.41, 5.74) is 0.00944. The number of ketones is 1. The van der Waals surface area contributed by atoms with E-state index in [-0.39, 0.29) is 16.7 Å². The summed E-state index contributed by atoms with van der Waals surface area (Å²) in [5.74, 6) is -0.106. The first-order valence-corrected chi connectivity index (χ1v) is 7.94. The smallest absolute Gasteiger partial charge is 0.240 e. The Bertz CT molecular complexity index is 619. The van der Waals surface area contributed by atoms with Crippen LogP contribution in [0.4, 0.5) is 0 Å². The lowest BCUT2D eigenvalue weighted by atomic mass is 9.65. The molecule has 2 unspecified atom stereocenters. The molecule has 110 valence electrons. The van der Waals surface area contributed by atoms with E-state index in [1.807, 2.05) is 13.8 Å². The molecule has 1 saturated carbocycles. The van der Waals surface area contributed by atoms with Crippen molar-refractivity contribution >= 4 is 15.8 Å². The van der Waals surface area contributed by atoms with E-state index in [1.165, 1.54) is 31.2 Å². The molecule has 1 aromatic carbocycles. The van der Waals surface area contributed by atoms with E-state index in [0.29, 0.717) is 12.0 Å². The predicted octanol–water partition coefficient (Wildman–Crippen LogP) is 1.33. The molecule has 0 amide bonds. The third-order valence-corrected chi connectivity index (χ3v) is 5.57. The van der Waals surface area contributed by atoms with Gasteiger partial charge in [0.15, 0.2) is 5.78 Å². The second-order valence-electron chi connectivity index (χ2n) is 5.83. The van der Waals surface area contributed by atoms with E-state index in [2.05, 4.69) is 4.72 Å². The standard InChI is InChI=1S/C14H19NO4S/c1-9(16)10-4-6-11(7-5-10)20(18,19)15-12-8-13(17)14(12,2)3/h4-7,12-13,15,17H,8H2,1-3H3. The summed E-state index contributed by atoms with van der Waals surface area (Å²) in [6, 6.07) is 5.55. The maximum Gasteiger partial charge on any atom is 0.240 e. The number of aliphatic hydroxyl groups is 1. The molecular formula is C14H19NO4S. The summed E-state index contributed by atoms with van der Waals surface area (Å²) < 4.78 is 27.1. The second kappa shape index (κ2) is 4.95. The fourth-order valence-corrected chi connectivity index (χ4v) is 3.63. The zero-order chi connectivity index (χ0) is 15.1. The van der Waals surface area contributed by atoms with Crippen LogP contribution in [0, 0.1) is 5.41 Å². The lowest BCUT2D eigenvalue weighted by molar-refractivity contribution is -0.0645. The van der Waals surface area contributed by atoms with Crippen LogP contribution >= 0.6 is 0 Å². The first-order chi connectivity index (χ1) is 9.14. The highest BCUT2D eigenvalue weighted by Gasteiger charge is 2.48. The van der Waals surface area contributed by atoms with Crippen molar-refractivity contribution in [2.75, 3.05) is 0 Å². The highest BCUT2D eigenvalue weighted by molar-refractivity contribution is 7.89. The van der Waals surface area contributed by atoms with Crippen molar-refractivity contribution in [2.24, 2.45) is 5.41 Å². The third-order valence-electron chi connectivity index (χ3n) is 4.08. The Morgan fingerprint density at radius 2 is 1.85 bits per heavy atom. The van der Waals surface area contributed by atoms with Gasteiger partial charge in [-0.3, -0.25) is 4.79 Å². The topological polar surface area (TPSA) is 83.5 Å². The molecular weight excluding hydrogens is 278 g/mol. The summed E-state index contributed by atoms with van der Waals surface area (Å²) in [6.07, 6.45) is -0.0760. The molecule has 1 aliphatic rings. The van der Waals surface area contributed by atoms with Crippen LogP contribution in [-0.4, -0.2) is 31.5 Å². The van der Waals surface area contributed by atoms with Crippen LogP contribution in [0.2, 0.25) is 0 Å². The Morgan fingerprint density at radius 1 is 1.30 bits per heavy atom. The Kier molecular flexibility index (Phi) is 3.75. The number of sulfonamides is 1. The summed E-state index contributed by atoms with van der Waals surface area (Å²) >= 11 is 0. The monoisotopic (exact) mass is 297 g/mol. The van der Waals surface area contributed by atoms with Gasteiger partial charge >= 0.3 is 0 Å². The van der Waals surface area contributed by atoms with Crippen molar-refractivity contribution in [2.45, 2.75) is 44.2 Å². The van der Waals surface area contributed by atoms with E-state index in [1.54, 1.807) is 0 Å². The number of hydrogen-bond donors (Lipinski definition) is 2. The molecule has 20 heavy (non-hydrogen) atoms. The summed E-state index contributed by atoms with van der Waals surface area (Å²) in [7, 11) is -3.63. The maximum atomic E-state index is 12.2. The van der Waals surface area contributed by atoms with Crippen LogP contribution in [0.15, 0.2) is 29.2 Å². The molecule has 0 aliphatic heterocycles. The van der Waals surface area contributed by atoms with Crippen LogP contribution in [0.5, 0.6) is 0 Å². The average molecular weight is 297 g/mol. The van der Waals surface area contributed by atoms with Gasteiger partial charge in [0.05, 0.1) is 11.0 Å². The number of hydrogen-bond acceptors (Lipinski definition) is 4. The number of aliphatic hydroxyl groups excluding tert-OH is 1. The van der Waals surface area contributed by atoms with Crippen molar-refractivity contribution < 1.29 is 18.3 Å². The molecule has 1 aromatic rings. The van der Waals surface area contributed by atoms with Gasteiger partial charge in [0.2, 0.25) is 10.0 Å². The largest absolute Gasteiger partial charge is 0.392 e. The van der Waals surface area contributed by atoms with E-state index in [0.717, 1.165) is 0 Å². The molecule has 2 atom stereocenters. The molecule has 6 heteroatoms. The minimum Gasteiger partial charge on any atom is -0.392 e. The van der Waals surface area contributed by atoms with Gasteiger partial charge in [-0.2, -0.15) is 0 Å². The lowest BCUT2D eigenvalue weighted by Crippen LogP contribution is -2.61. The molecule has 1 fully saturated rings. The van der Waals surface area contributed by atoms with E-state index in [4.69, 9.17) is 0 Å². The normalized spacial score (nSPS) is 25.0. The van der Waals surface area contributed by atoms with Gasteiger partial charge in [0, 0.05) is 17.0 Å². The van der Waals surface area contributed by atoms with Crippen LogP contribution < -0.4 is 4.72 Å². The molecule has 2 rings (SSSR count). The molecule has 0 aromatic heterocycles. The quantitative estimate of drug-likeness (QED) is 0.821. The SMILES string of the molecule is CC(=O)c1ccc(S(=O)(=O)NC2CC(O)C2(C)C)cc1. The van der Waals surface area contributed by atoms with Gasteiger partial charge < -0.3 is 5.11 Å². The second-order valence-corrected chi connectivity index (χ2v) is 7.54. The summed E-state index contributed by atoms with van der Waals surface area (Å²) in [5, 5.41) is 9.64. The molecule has 5 nitrogen and oxygen atoms in total. The molecule has 2 N–H and O–H groups in total. The predicted molar refractivity (Wildman–Crippen MR) is 75.0 cm³/mol. The zero-order valence-corrected chi connectivity index (χ0v) is 12.6. The molecule has 1 aliphatic carbocycles. The van der Waals surface area contributed by atoms with Crippen molar-refractivity contribution in [1.29, 1.82) is 0 Å². The third kappa shape index (κ3) is 2.63. The maximum absolute atomic E-state index is 12.2. The lowest BCUT2D eigenvalue weighted by Gasteiger charge is -2.49.